The highest BCUT2D eigenvalue weighted by Crippen LogP contribution is 2.39. The minimum Gasteiger partial charge on any atom is -0.394 e. The van der Waals surface area contributed by atoms with E-state index in [0.29, 0.717) is 21.3 Å². The van der Waals surface area contributed by atoms with Crippen molar-refractivity contribution in [3.8, 4) is 0 Å². The van der Waals surface area contributed by atoms with Crippen LogP contribution in [-0.2, 0) is 4.74 Å². The normalized spacial score (nSPS) is 25.3. The Labute approximate surface area is 162 Å². The minimum absolute atomic E-state index is 0.173. The summed E-state index contributed by atoms with van der Waals surface area (Å²) in [5, 5.41) is 30.9. The molecule has 0 saturated carbocycles. The maximum atomic E-state index is 10.5. The number of anilines is 1. The van der Waals surface area contributed by atoms with E-state index >= 15 is 0 Å². The number of rotatable bonds is 4. The van der Waals surface area contributed by atoms with Crippen molar-refractivity contribution in [1.82, 2.24) is 19.5 Å². The summed E-state index contributed by atoms with van der Waals surface area (Å²) >= 11 is 7.48. The average Bonchev–Trinajstić information content (AvgIpc) is 3.16. The molecular formula is C16H16ClN5O4S. The molecule has 1 aliphatic heterocycles. The van der Waals surface area contributed by atoms with Crippen LogP contribution >= 0.6 is 23.4 Å². The van der Waals surface area contributed by atoms with E-state index in [1.165, 1.54) is 22.7 Å². The first-order valence-electron chi connectivity index (χ1n) is 8.04. The number of imidazole rings is 1. The van der Waals surface area contributed by atoms with Crippen molar-refractivity contribution >= 4 is 40.3 Å². The van der Waals surface area contributed by atoms with Crippen LogP contribution in [-0.4, -0.2) is 59.8 Å². The number of hydrogen-bond donors (Lipinski definition) is 4. The standard InChI is InChI=1S/C16H16ClN5O4S/c17-7-3-1-2-4-9(7)27-16-21-10-13(18)19-6-20-14(10)22(16)15-12(25)11(24)8(5-23)26-15/h1-4,6,8,11-12,15,23-25H,5H2,(H2,18,19,20)/t8-,11-,12-,15-/m1/s1. The summed E-state index contributed by atoms with van der Waals surface area (Å²) in [5.74, 6) is 0.173. The summed E-state index contributed by atoms with van der Waals surface area (Å²) in [4.78, 5) is 13.4. The maximum Gasteiger partial charge on any atom is 0.177 e. The predicted octanol–water partition coefficient (Wildman–Crippen LogP) is 0.825. The van der Waals surface area contributed by atoms with E-state index in [1.807, 2.05) is 18.2 Å². The molecule has 27 heavy (non-hydrogen) atoms. The van der Waals surface area contributed by atoms with Crippen molar-refractivity contribution in [2.45, 2.75) is 34.6 Å². The lowest BCUT2D eigenvalue weighted by Gasteiger charge is -2.19. The number of nitrogens with zero attached hydrogens (tertiary/aromatic N) is 4. The molecule has 3 aromatic rings. The molecule has 0 unspecified atom stereocenters. The lowest BCUT2D eigenvalue weighted by atomic mass is 10.1. The molecule has 1 aromatic carbocycles. The number of aromatic nitrogens is 4. The molecule has 1 saturated heterocycles. The quantitative estimate of drug-likeness (QED) is 0.493. The van der Waals surface area contributed by atoms with Crippen molar-refractivity contribution in [2.75, 3.05) is 12.3 Å². The van der Waals surface area contributed by atoms with Gasteiger partial charge < -0.3 is 25.8 Å². The summed E-state index contributed by atoms with van der Waals surface area (Å²) in [5.41, 5.74) is 6.60. The Morgan fingerprint density at radius 3 is 2.70 bits per heavy atom. The molecule has 5 N–H and O–H groups in total. The zero-order chi connectivity index (χ0) is 19.1. The van der Waals surface area contributed by atoms with Crippen molar-refractivity contribution in [2.24, 2.45) is 0 Å². The molecule has 0 spiro atoms. The maximum absolute atomic E-state index is 10.5. The van der Waals surface area contributed by atoms with Gasteiger partial charge in [0.15, 0.2) is 28.4 Å². The number of hydrogen-bond acceptors (Lipinski definition) is 9. The molecule has 4 atom stereocenters. The molecule has 142 valence electrons. The van der Waals surface area contributed by atoms with Gasteiger partial charge in [0, 0.05) is 4.90 Å². The molecule has 3 heterocycles. The van der Waals surface area contributed by atoms with Gasteiger partial charge in [-0.05, 0) is 23.9 Å². The number of halogens is 1. The van der Waals surface area contributed by atoms with Crippen LogP contribution in [0.1, 0.15) is 6.23 Å². The molecule has 0 radical (unpaired) electrons. The first kappa shape index (κ1) is 18.4. The topological polar surface area (TPSA) is 140 Å². The van der Waals surface area contributed by atoms with Crippen molar-refractivity contribution < 1.29 is 20.1 Å². The summed E-state index contributed by atoms with van der Waals surface area (Å²) in [6.07, 6.45) is -3.21. The van der Waals surface area contributed by atoms with Crippen LogP contribution in [0.25, 0.3) is 11.2 Å². The highest BCUT2D eigenvalue weighted by atomic mass is 35.5. The zero-order valence-corrected chi connectivity index (χ0v) is 15.4. The Morgan fingerprint density at radius 1 is 1.22 bits per heavy atom. The van der Waals surface area contributed by atoms with E-state index in [2.05, 4.69) is 15.0 Å². The number of benzene rings is 1. The van der Waals surface area contributed by atoms with Crippen LogP contribution in [0, 0.1) is 0 Å². The Hall–Kier alpha value is -1.95. The lowest BCUT2D eigenvalue weighted by molar-refractivity contribution is -0.0548. The van der Waals surface area contributed by atoms with Crippen molar-refractivity contribution in [3.63, 3.8) is 0 Å². The zero-order valence-electron chi connectivity index (χ0n) is 13.8. The van der Waals surface area contributed by atoms with Gasteiger partial charge >= 0.3 is 0 Å². The lowest BCUT2D eigenvalue weighted by Crippen LogP contribution is -2.33. The third-order valence-corrected chi connectivity index (χ3v) is 5.77. The van der Waals surface area contributed by atoms with Gasteiger partial charge in [0.25, 0.3) is 0 Å². The molecule has 11 heteroatoms. The first-order chi connectivity index (χ1) is 13.0. The third-order valence-electron chi connectivity index (χ3n) is 4.28. The van der Waals surface area contributed by atoms with Gasteiger partial charge in [-0.2, -0.15) is 0 Å². The Morgan fingerprint density at radius 2 is 2.00 bits per heavy atom. The molecule has 1 fully saturated rings. The second-order valence-corrected chi connectivity index (χ2v) is 7.37. The Balaban J connectivity index is 1.85. The van der Waals surface area contributed by atoms with Crippen LogP contribution in [0.2, 0.25) is 5.02 Å². The number of nitrogens with two attached hydrogens (primary N) is 1. The fourth-order valence-electron chi connectivity index (χ4n) is 2.93. The number of nitrogen functional groups attached to an aromatic ring is 1. The number of ether oxygens (including phenoxy) is 1. The van der Waals surface area contributed by atoms with Gasteiger partial charge in [0.05, 0.1) is 11.6 Å². The van der Waals surface area contributed by atoms with Crippen LogP contribution in [0.15, 0.2) is 40.6 Å². The molecule has 0 aliphatic carbocycles. The fraction of sp³-hybridized carbons (Fsp3) is 0.312. The molecule has 1 aliphatic rings. The number of fused-ring (bicyclic) bond motifs is 1. The second kappa shape index (κ2) is 7.23. The van der Waals surface area contributed by atoms with Crippen LogP contribution in [0.3, 0.4) is 0 Å². The second-order valence-electron chi connectivity index (χ2n) is 5.96. The van der Waals surface area contributed by atoms with Gasteiger partial charge in [-0.1, -0.05) is 23.7 Å². The predicted molar refractivity (Wildman–Crippen MR) is 98.3 cm³/mol. The molecule has 4 rings (SSSR count). The van der Waals surface area contributed by atoms with E-state index in [1.54, 1.807) is 6.07 Å². The molecule has 2 aromatic heterocycles. The third kappa shape index (κ3) is 3.14. The first-order valence-corrected chi connectivity index (χ1v) is 9.24. The van der Waals surface area contributed by atoms with E-state index in [4.69, 9.17) is 22.1 Å². The molecule has 0 amide bonds. The summed E-state index contributed by atoms with van der Waals surface area (Å²) < 4.78 is 7.19. The van der Waals surface area contributed by atoms with Crippen molar-refractivity contribution in [3.05, 3.63) is 35.6 Å². The smallest absolute Gasteiger partial charge is 0.177 e. The van der Waals surface area contributed by atoms with Gasteiger partial charge in [-0.25, -0.2) is 15.0 Å². The van der Waals surface area contributed by atoms with Gasteiger partial charge in [-0.3, -0.25) is 4.57 Å². The van der Waals surface area contributed by atoms with E-state index in [0.717, 1.165) is 4.90 Å². The minimum atomic E-state index is -1.29. The van der Waals surface area contributed by atoms with E-state index < -0.39 is 31.1 Å². The summed E-state index contributed by atoms with van der Waals surface area (Å²) in [6, 6.07) is 7.22. The summed E-state index contributed by atoms with van der Waals surface area (Å²) in [7, 11) is 0. The van der Waals surface area contributed by atoms with Gasteiger partial charge in [-0.15, -0.1) is 0 Å². The van der Waals surface area contributed by atoms with Gasteiger partial charge in [0.1, 0.15) is 24.6 Å². The van der Waals surface area contributed by atoms with Gasteiger partial charge in [0.2, 0.25) is 0 Å². The fourth-order valence-corrected chi connectivity index (χ4v) is 4.11. The monoisotopic (exact) mass is 409 g/mol. The highest BCUT2D eigenvalue weighted by molar-refractivity contribution is 7.99. The molecular weight excluding hydrogens is 394 g/mol. The number of aliphatic hydroxyl groups excluding tert-OH is 3. The molecule has 9 nitrogen and oxygen atoms in total. The van der Waals surface area contributed by atoms with E-state index in [9.17, 15) is 15.3 Å². The van der Waals surface area contributed by atoms with E-state index in [-0.39, 0.29) is 5.82 Å². The highest BCUT2D eigenvalue weighted by Gasteiger charge is 2.45. The van der Waals surface area contributed by atoms with Crippen molar-refractivity contribution in [1.29, 1.82) is 0 Å². The molecule has 0 bridgehead atoms. The van der Waals surface area contributed by atoms with Crippen LogP contribution in [0.4, 0.5) is 5.82 Å². The average molecular weight is 410 g/mol. The largest absolute Gasteiger partial charge is 0.394 e. The summed E-state index contributed by atoms with van der Waals surface area (Å²) in [6.45, 7) is -0.439. The SMILES string of the molecule is Nc1ncnc2c1nc(Sc1ccccc1Cl)n2[C@@H]1O[C@H](CO)[C@@H](O)[C@H]1O. The van der Waals surface area contributed by atoms with Crippen LogP contribution < -0.4 is 5.73 Å². The Kier molecular flexibility index (Phi) is 4.93. The van der Waals surface area contributed by atoms with Crippen LogP contribution in [0.5, 0.6) is 0 Å². The number of aliphatic hydroxyl groups is 3. The Bertz CT molecular complexity index is 987.